The van der Waals surface area contributed by atoms with E-state index in [1.54, 1.807) is 17.8 Å². The van der Waals surface area contributed by atoms with Crippen molar-refractivity contribution in [2.24, 2.45) is 0 Å². The maximum atomic E-state index is 9.31. The Morgan fingerprint density at radius 3 is 2.69 bits per heavy atom. The summed E-state index contributed by atoms with van der Waals surface area (Å²) in [4.78, 5) is 2.59. The van der Waals surface area contributed by atoms with Crippen molar-refractivity contribution in [1.29, 1.82) is 5.26 Å². The molecule has 0 spiro atoms. The largest absolute Gasteiger partial charge is 0.494 e. The summed E-state index contributed by atoms with van der Waals surface area (Å²) in [5, 5.41) is 21.8. The van der Waals surface area contributed by atoms with Gasteiger partial charge in [0.15, 0.2) is 0 Å². The second-order valence-electron chi connectivity index (χ2n) is 7.94. The number of ether oxygens (including phenoxy) is 1. The molecule has 3 aromatic rings. The van der Waals surface area contributed by atoms with Gasteiger partial charge in [0.05, 0.1) is 25.5 Å². The van der Waals surface area contributed by atoms with E-state index in [9.17, 15) is 5.26 Å². The van der Waals surface area contributed by atoms with E-state index in [1.165, 1.54) is 12.8 Å². The summed E-state index contributed by atoms with van der Waals surface area (Å²) in [6, 6.07) is 5.28. The van der Waals surface area contributed by atoms with Gasteiger partial charge in [-0.05, 0) is 38.9 Å². The first-order valence-electron chi connectivity index (χ1n) is 10.1. The van der Waals surface area contributed by atoms with Crippen LogP contribution in [0, 0.1) is 18.3 Å². The van der Waals surface area contributed by atoms with Crippen molar-refractivity contribution in [3.8, 4) is 22.9 Å². The zero-order valence-electron chi connectivity index (χ0n) is 16.8. The third kappa shape index (κ3) is 2.98. The predicted octanol–water partition coefficient (Wildman–Crippen LogP) is 2.00. The molecule has 8 nitrogen and oxygen atoms in total. The van der Waals surface area contributed by atoms with Crippen LogP contribution in [0.5, 0.6) is 5.75 Å². The molecule has 5 heterocycles. The van der Waals surface area contributed by atoms with Crippen LogP contribution in [0.25, 0.3) is 16.6 Å². The Labute approximate surface area is 169 Å². The third-order valence-electron chi connectivity index (χ3n) is 6.33. The van der Waals surface area contributed by atoms with Crippen LogP contribution < -0.4 is 10.1 Å². The number of nitrogens with one attached hydrogen (secondary N) is 1. The van der Waals surface area contributed by atoms with Crippen molar-refractivity contribution < 1.29 is 4.74 Å². The lowest BCUT2D eigenvalue weighted by molar-refractivity contribution is 0.0381. The van der Waals surface area contributed by atoms with Gasteiger partial charge in [0, 0.05) is 42.1 Å². The van der Waals surface area contributed by atoms with Crippen LogP contribution in [-0.4, -0.2) is 63.6 Å². The molecule has 0 aromatic carbocycles. The molecule has 0 radical (unpaired) electrons. The molecule has 0 bridgehead atoms. The molecule has 0 atom stereocenters. The minimum atomic E-state index is 0.430. The zero-order valence-corrected chi connectivity index (χ0v) is 16.8. The highest BCUT2D eigenvalue weighted by atomic mass is 16.5. The normalized spacial score (nSPS) is 18.7. The molecule has 2 fully saturated rings. The summed E-state index contributed by atoms with van der Waals surface area (Å²) in [7, 11) is 1.62. The number of hydrogen-bond donors (Lipinski definition) is 1. The molecular weight excluding hydrogens is 366 g/mol. The number of nitrogens with zero attached hydrogens (tertiary/aromatic N) is 6. The number of methoxy groups -OCH3 is 1. The highest BCUT2D eigenvalue weighted by Crippen LogP contribution is 2.34. The number of nitriles is 1. The van der Waals surface area contributed by atoms with Crippen LogP contribution in [0.1, 0.15) is 30.1 Å². The first-order valence-corrected chi connectivity index (χ1v) is 10.1. The summed E-state index contributed by atoms with van der Waals surface area (Å²) < 4.78 is 9.42. The van der Waals surface area contributed by atoms with E-state index >= 15 is 0 Å². The maximum absolute atomic E-state index is 9.31. The number of aromatic nitrogens is 4. The van der Waals surface area contributed by atoms with Gasteiger partial charge in [-0.25, -0.2) is 4.52 Å². The van der Waals surface area contributed by atoms with E-state index in [0.29, 0.717) is 28.9 Å². The van der Waals surface area contributed by atoms with Gasteiger partial charge < -0.3 is 10.1 Å². The summed E-state index contributed by atoms with van der Waals surface area (Å²) in [6.45, 7) is 6.51. The molecule has 3 aromatic heterocycles. The van der Waals surface area contributed by atoms with Crippen LogP contribution in [0.2, 0.25) is 0 Å². The topological polar surface area (TPSA) is 83.4 Å². The molecule has 1 N–H and O–H groups in total. The Balaban J connectivity index is 1.41. The molecule has 0 saturated carbocycles. The van der Waals surface area contributed by atoms with Crippen LogP contribution in [0.15, 0.2) is 24.7 Å². The van der Waals surface area contributed by atoms with Gasteiger partial charge in [0.25, 0.3) is 0 Å². The summed E-state index contributed by atoms with van der Waals surface area (Å²) in [5.74, 6) is 0.643. The van der Waals surface area contributed by atoms with Gasteiger partial charge in [0.1, 0.15) is 22.9 Å². The quantitative estimate of drug-likeness (QED) is 0.732. The van der Waals surface area contributed by atoms with E-state index in [-0.39, 0.29) is 0 Å². The van der Waals surface area contributed by atoms with Crippen LogP contribution in [-0.2, 0) is 0 Å². The maximum Gasteiger partial charge on any atom is 0.146 e. The van der Waals surface area contributed by atoms with Crippen molar-refractivity contribution >= 4 is 5.52 Å². The standard InChI is InChI=1S/C21H25N7O/c1-14-19(15-7-20(29-2)21-16(8-22)9-24-27(21)11-15)10-25-28(14)18-12-26(13-18)17-3-5-23-6-4-17/h7,9-11,17-18,23H,3-6,12-13H2,1-2H3. The Morgan fingerprint density at radius 1 is 1.17 bits per heavy atom. The van der Waals surface area contributed by atoms with Crippen LogP contribution in [0.3, 0.4) is 0 Å². The van der Waals surface area contributed by atoms with Gasteiger partial charge >= 0.3 is 0 Å². The molecule has 0 amide bonds. The summed E-state index contributed by atoms with van der Waals surface area (Å²) >= 11 is 0. The molecule has 0 unspecified atom stereocenters. The average molecular weight is 391 g/mol. The van der Waals surface area contributed by atoms with E-state index in [4.69, 9.17) is 9.84 Å². The monoisotopic (exact) mass is 391 g/mol. The predicted molar refractivity (Wildman–Crippen MR) is 109 cm³/mol. The average Bonchev–Trinajstić information content (AvgIpc) is 3.30. The van der Waals surface area contributed by atoms with E-state index in [2.05, 4.69) is 33.0 Å². The second-order valence-corrected chi connectivity index (χ2v) is 7.94. The minimum absolute atomic E-state index is 0.430. The SMILES string of the molecule is COc1cc(-c2cnn(C3CN(C4CCNCC4)C3)c2C)cn2ncc(C#N)c12. The fourth-order valence-corrected chi connectivity index (χ4v) is 4.66. The molecule has 2 saturated heterocycles. The highest BCUT2D eigenvalue weighted by molar-refractivity contribution is 5.75. The lowest BCUT2D eigenvalue weighted by Crippen LogP contribution is -2.55. The fourth-order valence-electron chi connectivity index (χ4n) is 4.66. The molecule has 0 aliphatic carbocycles. The van der Waals surface area contributed by atoms with Gasteiger partial charge in [-0.3, -0.25) is 9.58 Å². The fraction of sp³-hybridized carbons (Fsp3) is 0.476. The molecule has 2 aliphatic rings. The van der Waals surface area contributed by atoms with Crippen molar-refractivity contribution in [1.82, 2.24) is 29.6 Å². The van der Waals surface area contributed by atoms with E-state index in [1.807, 2.05) is 18.5 Å². The molecule has 5 rings (SSSR count). The molecular formula is C21H25N7O. The lowest BCUT2D eigenvalue weighted by Gasteiger charge is -2.46. The first-order chi connectivity index (χ1) is 14.2. The second kappa shape index (κ2) is 7.17. The Morgan fingerprint density at radius 2 is 1.97 bits per heavy atom. The first kappa shape index (κ1) is 18.2. The van der Waals surface area contributed by atoms with Crippen molar-refractivity contribution in [3.63, 3.8) is 0 Å². The van der Waals surface area contributed by atoms with Gasteiger partial charge in [-0.2, -0.15) is 15.5 Å². The third-order valence-corrected chi connectivity index (χ3v) is 6.33. The highest BCUT2D eigenvalue weighted by Gasteiger charge is 2.35. The molecule has 8 heteroatoms. The number of rotatable bonds is 4. The van der Waals surface area contributed by atoms with E-state index < -0.39 is 0 Å². The zero-order chi connectivity index (χ0) is 20.0. The van der Waals surface area contributed by atoms with Crippen molar-refractivity contribution in [2.75, 3.05) is 33.3 Å². The number of hydrogen-bond acceptors (Lipinski definition) is 6. The smallest absolute Gasteiger partial charge is 0.146 e. The van der Waals surface area contributed by atoms with Crippen molar-refractivity contribution in [3.05, 3.63) is 35.9 Å². The number of piperidine rings is 1. The Bertz CT molecular complexity index is 1080. The van der Waals surface area contributed by atoms with Crippen LogP contribution in [0.4, 0.5) is 0 Å². The Kier molecular flexibility index (Phi) is 4.49. The molecule has 29 heavy (non-hydrogen) atoms. The van der Waals surface area contributed by atoms with Crippen molar-refractivity contribution in [2.45, 2.75) is 31.8 Å². The van der Waals surface area contributed by atoms with E-state index in [0.717, 1.165) is 43.0 Å². The number of pyridine rings is 1. The summed E-state index contributed by atoms with van der Waals surface area (Å²) in [5.41, 5.74) is 4.41. The summed E-state index contributed by atoms with van der Waals surface area (Å²) in [6.07, 6.45) is 7.92. The van der Waals surface area contributed by atoms with Gasteiger partial charge in [-0.15, -0.1) is 0 Å². The minimum Gasteiger partial charge on any atom is -0.494 e. The number of likely N-dealkylation sites (tertiary alicyclic amines) is 1. The lowest BCUT2D eigenvalue weighted by atomic mass is 9.98. The molecule has 2 aliphatic heterocycles. The van der Waals surface area contributed by atoms with Crippen LogP contribution >= 0.6 is 0 Å². The number of fused-ring (bicyclic) bond motifs is 1. The molecule has 150 valence electrons. The van der Waals surface area contributed by atoms with Gasteiger partial charge in [-0.1, -0.05) is 0 Å². The van der Waals surface area contributed by atoms with Gasteiger partial charge in [0.2, 0.25) is 0 Å². The Hall–Kier alpha value is -2.89.